The van der Waals surface area contributed by atoms with Gasteiger partial charge in [-0.3, -0.25) is 4.79 Å². The molecule has 0 aromatic heterocycles. The fourth-order valence-corrected chi connectivity index (χ4v) is 1.34. The minimum atomic E-state index is -0.293. The van der Waals surface area contributed by atoms with Gasteiger partial charge in [0, 0.05) is 6.92 Å². The highest BCUT2D eigenvalue weighted by molar-refractivity contribution is 5.66. The van der Waals surface area contributed by atoms with Gasteiger partial charge in [-0.05, 0) is 12.2 Å². The molecule has 0 amide bonds. The van der Waals surface area contributed by atoms with Crippen LogP contribution >= 0.6 is 0 Å². The third-order valence-electron chi connectivity index (χ3n) is 1.86. The van der Waals surface area contributed by atoms with Crippen LogP contribution in [0.4, 0.5) is 0 Å². The lowest BCUT2D eigenvalue weighted by Gasteiger charge is -2.21. The van der Waals surface area contributed by atoms with E-state index in [1.54, 1.807) is 6.08 Å². The van der Waals surface area contributed by atoms with Gasteiger partial charge in [0.25, 0.3) is 0 Å². The number of hydrogen-bond donors (Lipinski definition) is 0. The Morgan fingerprint density at radius 1 is 1.58 bits per heavy atom. The van der Waals surface area contributed by atoms with E-state index in [-0.39, 0.29) is 24.5 Å². The molecule has 0 radical (unpaired) electrons. The first-order valence-electron chi connectivity index (χ1n) is 3.88. The average molecular weight is 170 g/mol. The predicted molar refractivity (Wildman–Crippen MR) is 39.3 cm³/mol. The van der Waals surface area contributed by atoms with Crippen LogP contribution in [-0.2, 0) is 19.0 Å². The van der Waals surface area contributed by atoms with Crippen molar-refractivity contribution in [2.45, 2.75) is 25.4 Å². The Morgan fingerprint density at radius 3 is 3.17 bits per heavy atom. The molecule has 2 bridgehead atoms. The van der Waals surface area contributed by atoms with Gasteiger partial charge in [0.05, 0.1) is 6.61 Å². The van der Waals surface area contributed by atoms with E-state index < -0.39 is 0 Å². The van der Waals surface area contributed by atoms with E-state index in [1.807, 2.05) is 6.08 Å². The van der Waals surface area contributed by atoms with Gasteiger partial charge in [-0.15, -0.1) is 0 Å². The van der Waals surface area contributed by atoms with E-state index in [0.717, 1.165) is 0 Å². The molecule has 2 heterocycles. The fourth-order valence-electron chi connectivity index (χ4n) is 1.34. The highest BCUT2D eigenvalue weighted by Gasteiger charge is 2.35. The molecule has 0 aromatic rings. The van der Waals surface area contributed by atoms with Crippen molar-refractivity contribution >= 4 is 5.97 Å². The van der Waals surface area contributed by atoms with Crippen LogP contribution in [0.1, 0.15) is 6.92 Å². The number of carbonyl (C=O) groups excluding carboxylic acids is 1. The topological polar surface area (TPSA) is 44.8 Å². The summed E-state index contributed by atoms with van der Waals surface area (Å²) in [6, 6.07) is 0. The van der Waals surface area contributed by atoms with E-state index in [1.165, 1.54) is 6.92 Å². The Balaban J connectivity index is 2.02. The van der Waals surface area contributed by atoms with Crippen LogP contribution < -0.4 is 0 Å². The maximum absolute atomic E-state index is 10.6. The second-order valence-electron chi connectivity index (χ2n) is 2.84. The zero-order valence-electron chi connectivity index (χ0n) is 6.73. The average Bonchev–Trinajstić information content (AvgIpc) is 2.39. The molecular formula is C8H10O4. The number of fused-ring (bicyclic) bond motifs is 2. The molecule has 1 saturated heterocycles. The van der Waals surface area contributed by atoms with Crippen molar-refractivity contribution in [1.29, 1.82) is 0 Å². The lowest BCUT2D eigenvalue weighted by Crippen LogP contribution is -2.33. The fraction of sp³-hybridized carbons (Fsp3) is 0.625. The number of hydrogen-bond acceptors (Lipinski definition) is 4. The van der Waals surface area contributed by atoms with Gasteiger partial charge in [0.1, 0.15) is 12.2 Å². The number of carbonyl (C=O) groups is 1. The van der Waals surface area contributed by atoms with Crippen LogP contribution in [0.5, 0.6) is 0 Å². The Bertz CT molecular complexity index is 223. The monoisotopic (exact) mass is 170 g/mol. The molecule has 1 unspecified atom stereocenters. The van der Waals surface area contributed by atoms with Gasteiger partial charge in [0.15, 0.2) is 6.29 Å². The summed E-state index contributed by atoms with van der Waals surface area (Å²) in [6.07, 6.45) is 2.94. The molecule has 0 aromatic carbocycles. The summed E-state index contributed by atoms with van der Waals surface area (Å²) in [4.78, 5) is 10.6. The maximum Gasteiger partial charge on any atom is 0.303 e. The lowest BCUT2D eigenvalue weighted by molar-refractivity contribution is -0.151. The van der Waals surface area contributed by atoms with Crippen LogP contribution in [0.25, 0.3) is 0 Å². The zero-order chi connectivity index (χ0) is 8.55. The second-order valence-corrected chi connectivity index (χ2v) is 2.84. The van der Waals surface area contributed by atoms with Gasteiger partial charge in [-0.25, -0.2) is 0 Å². The van der Waals surface area contributed by atoms with Crippen LogP contribution in [0.15, 0.2) is 12.2 Å². The minimum Gasteiger partial charge on any atom is -0.455 e. The molecule has 0 saturated carbocycles. The van der Waals surface area contributed by atoms with Crippen LogP contribution in [-0.4, -0.2) is 31.1 Å². The predicted octanol–water partition coefficient (Wildman–Crippen LogP) is 0.229. The van der Waals surface area contributed by atoms with Crippen molar-refractivity contribution in [1.82, 2.24) is 0 Å². The Labute approximate surface area is 70.1 Å². The molecule has 0 spiro atoms. The van der Waals surface area contributed by atoms with Gasteiger partial charge in [0.2, 0.25) is 0 Å². The van der Waals surface area contributed by atoms with E-state index in [9.17, 15) is 4.79 Å². The van der Waals surface area contributed by atoms with Crippen molar-refractivity contribution in [3.63, 3.8) is 0 Å². The van der Waals surface area contributed by atoms with E-state index in [0.29, 0.717) is 6.61 Å². The Kier molecular flexibility index (Phi) is 1.86. The smallest absolute Gasteiger partial charge is 0.303 e. The minimum absolute atomic E-state index is 0.121. The van der Waals surface area contributed by atoms with Crippen molar-refractivity contribution in [2.24, 2.45) is 0 Å². The molecule has 2 rings (SSSR count). The van der Waals surface area contributed by atoms with E-state index in [4.69, 9.17) is 14.2 Å². The largest absolute Gasteiger partial charge is 0.455 e. The molecule has 66 valence electrons. The van der Waals surface area contributed by atoms with Crippen molar-refractivity contribution < 1.29 is 19.0 Å². The normalized spacial score (nSPS) is 38.2. The Hall–Kier alpha value is -0.870. The second kappa shape index (κ2) is 2.88. The van der Waals surface area contributed by atoms with Crippen LogP contribution in [0, 0.1) is 0 Å². The third-order valence-corrected chi connectivity index (χ3v) is 1.86. The van der Waals surface area contributed by atoms with E-state index >= 15 is 0 Å². The van der Waals surface area contributed by atoms with E-state index in [2.05, 4.69) is 0 Å². The first-order chi connectivity index (χ1) is 5.75. The van der Waals surface area contributed by atoms with Gasteiger partial charge >= 0.3 is 5.97 Å². The van der Waals surface area contributed by atoms with Gasteiger partial charge < -0.3 is 14.2 Å². The van der Waals surface area contributed by atoms with Crippen molar-refractivity contribution in [3.05, 3.63) is 12.2 Å². The summed E-state index contributed by atoms with van der Waals surface area (Å²) >= 11 is 0. The Morgan fingerprint density at radius 2 is 2.42 bits per heavy atom. The van der Waals surface area contributed by atoms with Crippen LogP contribution in [0.3, 0.4) is 0 Å². The first kappa shape index (κ1) is 7.76. The quantitative estimate of drug-likeness (QED) is 0.417. The van der Waals surface area contributed by atoms with Gasteiger partial charge in [-0.2, -0.15) is 0 Å². The molecule has 1 fully saturated rings. The molecule has 0 aliphatic carbocycles. The molecule has 4 heteroatoms. The summed E-state index contributed by atoms with van der Waals surface area (Å²) < 4.78 is 15.5. The zero-order valence-corrected chi connectivity index (χ0v) is 6.73. The molecule has 2 aliphatic rings. The van der Waals surface area contributed by atoms with Gasteiger partial charge in [-0.1, -0.05) is 0 Å². The molecule has 3 atom stereocenters. The molecule has 4 nitrogen and oxygen atoms in total. The number of ether oxygens (including phenoxy) is 3. The highest BCUT2D eigenvalue weighted by atomic mass is 16.7. The highest BCUT2D eigenvalue weighted by Crippen LogP contribution is 2.23. The maximum atomic E-state index is 10.6. The molecule has 12 heavy (non-hydrogen) atoms. The van der Waals surface area contributed by atoms with Crippen LogP contribution in [0.2, 0.25) is 0 Å². The third kappa shape index (κ3) is 1.35. The summed E-state index contributed by atoms with van der Waals surface area (Å²) in [5, 5.41) is 0. The lowest BCUT2D eigenvalue weighted by atomic mass is 10.2. The summed E-state index contributed by atoms with van der Waals surface area (Å²) in [7, 11) is 0. The first-order valence-corrected chi connectivity index (χ1v) is 3.88. The molecular weight excluding hydrogens is 160 g/mol. The molecule has 0 N–H and O–H groups in total. The summed E-state index contributed by atoms with van der Waals surface area (Å²) in [5.41, 5.74) is 0. The standard InChI is InChI=1S/C8H10O4/c1-5(9)11-6-2-3-8-10-4-7(6)12-8/h2-3,6-8H,4H2,1H3/t6-,7-,8?/m1/s1. The summed E-state index contributed by atoms with van der Waals surface area (Å²) in [6.45, 7) is 1.88. The SMILES string of the molecule is CC(=O)O[C@@H]1C=CC2OC[C@H]1O2. The summed E-state index contributed by atoms with van der Waals surface area (Å²) in [5.74, 6) is -0.293. The number of rotatable bonds is 1. The van der Waals surface area contributed by atoms with Crippen molar-refractivity contribution in [3.8, 4) is 0 Å². The van der Waals surface area contributed by atoms with Crippen molar-refractivity contribution in [2.75, 3.05) is 6.61 Å². The number of esters is 1. The molecule has 2 aliphatic heterocycles.